The first kappa shape index (κ1) is 9.21. The first-order valence-electron chi connectivity index (χ1n) is 5.32. The lowest BCUT2D eigenvalue weighted by molar-refractivity contribution is 0.101. The van der Waals surface area contributed by atoms with E-state index in [1.807, 2.05) is 22.9 Å². The number of carbonyl (C=O) groups is 1. The molecule has 1 saturated carbocycles. The zero-order valence-electron chi connectivity index (χ0n) is 8.68. The summed E-state index contributed by atoms with van der Waals surface area (Å²) in [5.74, 6) is 0.361. The van der Waals surface area contributed by atoms with Crippen LogP contribution in [0, 0.1) is 0 Å². The molecule has 1 aliphatic carbocycles. The molecule has 2 aromatic heterocycles. The highest BCUT2D eigenvalue weighted by atomic mass is 16.2. The molecular formula is C11H12N4O. The van der Waals surface area contributed by atoms with Crippen molar-refractivity contribution in [3.8, 4) is 0 Å². The Labute approximate surface area is 92.5 Å². The van der Waals surface area contributed by atoms with Crippen LogP contribution < -0.4 is 5.32 Å². The van der Waals surface area contributed by atoms with Gasteiger partial charge in [-0.1, -0.05) is 0 Å². The molecule has 2 N–H and O–H groups in total. The number of aromatic amines is 1. The van der Waals surface area contributed by atoms with E-state index in [9.17, 15) is 4.79 Å². The number of nitrogens with one attached hydrogen (secondary N) is 2. The van der Waals surface area contributed by atoms with Gasteiger partial charge in [-0.15, -0.1) is 0 Å². The van der Waals surface area contributed by atoms with Gasteiger partial charge in [0, 0.05) is 24.6 Å². The third-order valence-electron chi connectivity index (χ3n) is 2.68. The lowest BCUT2D eigenvalue weighted by atomic mass is 10.4. The van der Waals surface area contributed by atoms with Crippen molar-refractivity contribution in [3.05, 3.63) is 36.4 Å². The normalized spacial score (nSPS) is 15.0. The van der Waals surface area contributed by atoms with Gasteiger partial charge in [-0.25, -0.2) is 4.98 Å². The first-order chi connectivity index (χ1) is 7.84. The highest BCUT2D eigenvalue weighted by molar-refractivity contribution is 6.02. The molecule has 3 rings (SSSR count). The lowest BCUT2D eigenvalue weighted by Gasteiger charge is -2.06. The fourth-order valence-electron chi connectivity index (χ4n) is 1.76. The summed E-state index contributed by atoms with van der Waals surface area (Å²) in [7, 11) is 0. The van der Waals surface area contributed by atoms with Crippen LogP contribution in [-0.4, -0.2) is 20.4 Å². The summed E-state index contributed by atoms with van der Waals surface area (Å²) in [4.78, 5) is 18.7. The van der Waals surface area contributed by atoms with Crippen LogP contribution in [0.1, 0.15) is 29.4 Å². The van der Waals surface area contributed by atoms with Gasteiger partial charge in [0.25, 0.3) is 5.91 Å². The Bertz CT molecular complexity index is 496. The second-order valence-corrected chi connectivity index (χ2v) is 3.92. The standard InChI is InChI=1S/C11H12N4O/c16-10(14-11-12-5-6-13-11)9-2-1-7-15(9)8-3-4-8/h1-2,5-8H,3-4H2,(H2,12,13,14,16). The van der Waals surface area contributed by atoms with Gasteiger partial charge >= 0.3 is 0 Å². The van der Waals surface area contributed by atoms with Crippen LogP contribution in [0.4, 0.5) is 5.95 Å². The average molecular weight is 216 g/mol. The molecular weight excluding hydrogens is 204 g/mol. The van der Waals surface area contributed by atoms with E-state index < -0.39 is 0 Å². The zero-order valence-corrected chi connectivity index (χ0v) is 8.68. The van der Waals surface area contributed by atoms with E-state index in [0.717, 1.165) is 12.8 Å². The summed E-state index contributed by atoms with van der Waals surface area (Å²) in [5.41, 5.74) is 0.693. The molecule has 0 aliphatic heterocycles. The number of amides is 1. The van der Waals surface area contributed by atoms with Crippen molar-refractivity contribution >= 4 is 11.9 Å². The SMILES string of the molecule is O=C(Nc1ncc[nH]1)c1cccn1C1CC1. The van der Waals surface area contributed by atoms with E-state index in [4.69, 9.17) is 0 Å². The van der Waals surface area contributed by atoms with E-state index in [0.29, 0.717) is 17.7 Å². The minimum Gasteiger partial charge on any atom is -0.340 e. The van der Waals surface area contributed by atoms with Crippen molar-refractivity contribution < 1.29 is 4.79 Å². The van der Waals surface area contributed by atoms with Crippen LogP contribution in [0.3, 0.4) is 0 Å². The number of H-pyrrole nitrogens is 1. The largest absolute Gasteiger partial charge is 0.340 e. The summed E-state index contributed by atoms with van der Waals surface area (Å²) in [6.07, 6.45) is 7.56. The number of hydrogen-bond donors (Lipinski definition) is 2. The molecule has 0 saturated heterocycles. The average Bonchev–Trinajstić information content (AvgIpc) is 2.82. The number of aromatic nitrogens is 3. The van der Waals surface area contributed by atoms with Crippen LogP contribution in [0.5, 0.6) is 0 Å². The van der Waals surface area contributed by atoms with Gasteiger partial charge in [-0.2, -0.15) is 0 Å². The van der Waals surface area contributed by atoms with Crippen LogP contribution in [0.2, 0.25) is 0 Å². The minimum absolute atomic E-state index is 0.119. The molecule has 0 atom stereocenters. The number of carbonyl (C=O) groups excluding carboxylic acids is 1. The number of imidazole rings is 1. The number of anilines is 1. The van der Waals surface area contributed by atoms with E-state index >= 15 is 0 Å². The van der Waals surface area contributed by atoms with E-state index in [2.05, 4.69) is 15.3 Å². The Morgan fingerprint density at radius 2 is 2.44 bits per heavy atom. The molecule has 0 radical (unpaired) electrons. The van der Waals surface area contributed by atoms with Crippen molar-refractivity contribution in [2.45, 2.75) is 18.9 Å². The van der Waals surface area contributed by atoms with E-state index in [1.165, 1.54) is 0 Å². The zero-order chi connectivity index (χ0) is 11.0. The Morgan fingerprint density at radius 1 is 1.56 bits per heavy atom. The summed E-state index contributed by atoms with van der Waals surface area (Å²) >= 11 is 0. The van der Waals surface area contributed by atoms with Gasteiger partial charge in [-0.3, -0.25) is 10.1 Å². The second-order valence-electron chi connectivity index (χ2n) is 3.92. The Balaban J connectivity index is 1.80. The van der Waals surface area contributed by atoms with Crippen LogP contribution in [0.25, 0.3) is 0 Å². The maximum atomic E-state index is 11.9. The molecule has 2 heterocycles. The molecule has 0 bridgehead atoms. The summed E-state index contributed by atoms with van der Waals surface area (Å²) in [6, 6.07) is 4.23. The summed E-state index contributed by atoms with van der Waals surface area (Å²) in [6.45, 7) is 0. The third kappa shape index (κ3) is 1.60. The Hall–Kier alpha value is -2.04. The number of hydrogen-bond acceptors (Lipinski definition) is 2. The van der Waals surface area contributed by atoms with Crippen molar-refractivity contribution in [2.75, 3.05) is 5.32 Å². The van der Waals surface area contributed by atoms with Gasteiger partial charge in [0.2, 0.25) is 5.95 Å². The van der Waals surface area contributed by atoms with Crippen molar-refractivity contribution in [2.24, 2.45) is 0 Å². The Kier molecular flexibility index (Phi) is 2.02. The molecule has 16 heavy (non-hydrogen) atoms. The summed E-state index contributed by atoms with van der Waals surface area (Å²) in [5, 5.41) is 2.72. The topological polar surface area (TPSA) is 62.7 Å². The number of rotatable bonds is 3. The van der Waals surface area contributed by atoms with Gasteiger partial charge in [-0.05, 0) is 25.0 Å². The van der Waals surface area contributed by atoms with Crippen molar-refractivity contribution in [1.29, 1.82) is 0 Å². The molecule has 0 aromatic carbocycles. The van der Waals surface area contributed by atoms with Gasteiger partial charge < -0.3 is 9.55 Å². The van der Waals surface area contributed by atoms with E-state index in [-0.39, 0.29) is 5.91 Å². The van der Waals surface area contributed by atoms with E-state index in [1.54, 1.807) is 12.4 Å². The van der Waals surface area contributed by atoms with Gasteiger partial charge in [0.1, 0.15) is 5.69 Å². The molecule has 5 heteroatoms. The fourth-order valence-corrected chi connectivity index (χ4v) is 1.76. The maximum Gasteiger partial charge on any atom is 0.274 e. The number of nitrogens with zero attached hydrogens (tertiary/aromatic N) is 2. The van der Waals surface area contributed by atoms with Crippen LogP contribution in [0.15, 0.2) is 30.7 Å². The van der Waals surface area contributed by atoms with Gasteiger partial charge in [0.05, 0.1) is 0 Å². The molecule has 82 valence electrons. The highest BCUT2D eigenvalue weighted by Gasteiger charge is 2.26. The predicted octanol–water partition coefficient (Wildman–Crippen LogP) is 1.80. The molecule has 1 aliphatic rings. The molecule has 1 fully saturated rings. The summed E-state index contributed by atoms with van der Waals surface area (Å²) < 4.78 is 2.03. The van der Waals surface area contributed by atoms with Crippen LogP contribution >= 0.6 is 0 Å². The highest BCUT2D eigenvalue weighted by Crippen LogP contribution is 2.36. The minimum atomic E-state index is -0.119. The first-order valence-corrected chi connectivity index (χ1v) is 5.32. The smallest absolute Gasteiger partial charge is 0.274 e. The predicted molar refractivity (Wildman–Crippen MR) is 59.2 cm³/mol. The molecule has 0 unspecified atom stereocenters. The fraction of sp³-hybridized carbons (Fsp3) is 0.273. The quantitative estimate of drug-likeness (QED) is 0.821. The third-order valence-corrected chi connectivity index (χ3v) is 2.68. The molecule has 0 spiro atoms. The Morgan fingerprint density at radius 3 is 3.12 bits per heavy atom. The van der Waals surface area contributed by atoms with Crippen molar-refractivity contribution in [3.63, 3.8) is 0 Å². The van der Waals surface area contributed by atoms with Gasteiger partial charge in [0.15, 0.2) is 0 Å². The monoisotopic (exact) mass is 216 g/mol. The molecule has 5 nitrogen and oxygen atoms in total. The maximum absolute atomic E-state index is 11.9. The second kappa shape index (κ2) is 3.52. The lowest BCUT2D eigenvalue weighted by Crippen LogP contribution is -2.17. The molecule has 1 amide bonds. The molecule has 2 aromatic rings. The van der Waals surface area contributed by atoms with Crippen LogP contribution in [-0.2, 0) is 0 Å². The van der Waals surface area contributed by atoms with Crippen molar-refractivity contribution in [1.82, 2.24) is 14.5 Å².